The molecule has 116 valence electrons. The first-order valence-electron chi connectivity index (χ1n) is 7.23. The summed E-state index contributed by atoms with van der Waals surface area (Å²) in [6, 6.07) is 13.6. The molecule has 0 amide bonds. The van der Waals surface area contributed by atoms with Crippen LogP contribution in [0.4, 0.5) is 0 Å². The normalized spacial score (nSPS) is 15.6. The number of aromatic nitrogens is 1. The Hall–Kier alpha value is -1.87. The van der Waals surface area contributed by atoms with Gasteiger partial charge in [-0.15, -0.1) is 12.4 Å². The summed E-state index contributed by atoms with van der Waals surface area (Å²) in [5.74, 6) is 0.770. The first kappa shape index (κ1) is 16.5. The predicted molar refractivity (Wildman–Crippen MR) is 88.7 cm³/mol. The second kappa shape index (κ2) is 6.49. The number of pyridine rings is 1. The lowest BCUT2D eigenvalue weighted by molar-refractivity contribution is 0.0909. The first-order valence-corrected chi connectivity index (χ1v) is 7.23. The highest BCUT2D eigenvalue weighted by Gasteiger charge is 2.31. The average molecular weight is 318 g/mol. The number of fused-ring (bicyclic) bond motifs is 1. The van der Waals surface area contributed by atoms with Gasteiger partial charge in [0.15, 0.2) is 5.78 Å². The van der Waals surface area contributed by atoms with Crippen molar-refractivity contribution in [2.24, 2.45) is 5.41 Å². The number of hydrogen-bond acceptors (Lipinski definition) is 3. The van der Waals surface area contributed by atoms with Gasteiger partial charge in [0.25, 0.3) is 0 Å². The molecule has 1 aliphatic carbocycles. The third-order valence-corrected chi connectivity index (χ3v) is 3.76. The van der Waals surface area contributed by atoms with Gasteiger partial charge in [-0.3, -0.25) is 4.79 Å². The quantitative estimate of drug-likeness (QED) is 0.850. The number of nitrogens with zero attached hydrogens (tertiary/aromatic N) is 1. The Balaban J connectivity index is 0.00000176. The van der Waals surface area contributed by atoms with Gasteiger partial charge in [0.2, 0.25) is 5.88 Å². The van der Waals surface area contributed by atoms with Crippen molar-refractivity contribution in [3.05, 3.63) is 59.3 Å². The molecule has 0 fully saturated rings. The van der Waals surface area contributed by atoms with E-state index in [4.69, 9.17) is 4.74 Å². The van der Waals surface area contributed by atoms with E-state index in [1.807, 2.05) is 36.4 Å². The van der Waals surface area contributed by atoms with Crippen molar-refractivity contribution in [1.29, 1.82) is 0 Å². The molecule has 1 heterocycles. The second-order valence-corrected chi connectivity index (χ2v) is 6.36. The highest BCUT2D eigenvalue weighted by atomic mass is 35.5. The fourth-order valence-electron chi connectivity index (χ4n) is 2.73. The third-order valence-electron chi connectivity index (χ3n) is 3.76. The minimum Gasteiger partial charge on any atom is -0.473 e. The van der Waals surface area contributed by atoms with Crippen LogP contribution >= 0.6 is 12.4 Å². The van der Waals surface area contributed by atoms with Crippen molar-refractivity contribution < 1.29 is 9.53 Å². The van der Waals surface area contributed by atoms with Gasteiger partial charge in [-0.05, 0) is 23.5 Å². The van der Waals surface area contributed by atoms with Crippen molar-refractivity contribution in [2.75, 3.05) is 0 Å². The van der Waals surface area contributed by atoms with Crippen LogP contribution < -0.4 is 4.74 Å². The van der Waals surface area contributed by atoms with E-state index in [0.29, 0.717) is 18.9 Å². The minimum absolute atomic E-state index is 0. The van der Waals surface area contributed by atoms with Crippen LogP contribution in [-0.2, 0) is 13.0 Å². The highest BCUT2D eigenvalue weighted by Crippen LogP contribution is 2.34. The summed E-state index contributed by atoms with van der Waals surface area (Å²) in [5, 5.41) is 0. The van der Waals surface area contributed by atoms with Crippen molar-refractivity contribution >= 4 is 18.2 Å². The SMILES string of the molecule is CC1(C)CC(=O)c2ccc(OCc3ccccc3)nc2C1.Cl. The number of Topliss-reactive ketones (excluding diaryl/α,β-unsaturated/α-hetero) is 1. The monoisotopic (exact) mass is 317 g/mol. The van der Waals surface area contributed by atoms with Crippen LogP contribution in [0.2, 0.25) is 0 Å². The fraction of sp³-hybridized carbons (Fsp3) is 0.333. The van der Waals surface area contributed by atoms with Gasteiger partial charge in [0.1, 0.15) is 6.61 Å². The van der Waals surface area contributed by atoms with Crippen molar-refractivity contribution in [3.8, 4) is 5.88 Å². The zero-order chi connectivity index (χ0) is 14.9. The van der Waals surface area contributed by atoms with E-state index in [-0.39, 0.29) is 23.6 Å². The van der Waals surface area contributed by atoms with E-state index in [1.54, 1.807) is 6.07 Å². The number of hydrogen-bond donors (Lipinski definition) is 0. The number of benzene rings is 1. The number of ether oxygens (including phenoxy) is 1. The van der Waals surface area contributed by atoms with Crippen LogP contribution in [0.25, 0.3) is 0 Å². The molecule has 3 rings (SSSR count). The van der Waals surface area contributed by atoms with Crippen molar-refractivity contribution in [1.82, 2.24) is 4.98 Å². The Morgan fingerprint density at radius 1 is 1.09 bits per heavy atom. The molecule has 0 spiro atoms. The van der Waals surface area contributed by atoms with Crippen molar-refractivity contribution in [3.63, 3.8) is 0 Å². The van der Waals surface area contributed by atoms with E-state index < -0.39 is 0 Å². The van der Waals surface area contributed by atoms with Gasteiger partial charge in [-0.1, -0.05) is 44.2 Å². The zero-order valence-electron chi connectivity index (χ0n) is 12.8. The number of rotatable bonds is 3. The Morgan fingerprint density at radius 3 is 2.55 bits per heavy atom. The van der Waals surface area contributed by atoms with E-state index in [2.05, 4.69) is 18.8 Å². The van der Waals surface area contributed by atoms with Gasteiger partial charge in [-0.2, -0.15) is 0 Å². The highest BCUT2D eigenvalue weighted by molar-refractivity contribution is 5.98. The molecule has 0 atom stereocenters. The molecule has 22 heavy (non-hydrogen) atoms. The maximum Gasteiger partial charge on any atom is 0.213 e. The van der Waals surface area contributed by atoms with Crippen LogP contribution in [0, 0.1) is 5.41 Å². The number of ketones is 1. The Labute approximate surface area is 137 Å². The minimum atomic E-state index is -0.0187. The largest absolute Gasteiger partial charge is 0.473 e. The standard InChI is InChI=1S/C18H19NO2.ClH/c1-18(2)10-15-14(16(20)11-18)8-9-17(19-15)21-12-13-6-4-3-5-7-13;/h3-9H,10-12H2,1-2H3;1H. The zero-order valence-corrected chi connectivity index (χ0v) is 13.7. The Bertz CT molecular complexity index is 668. The first-order chi connectivity index (χ1) is 10.0. The summed E-state index contributed by atoms with van der Waals surface area (Å²) in [7, 11) is 0. The molecule has 3 nitrogen and oxygen atoms in total. The van der Waals surface area contributed by atoms with E-state index in [1.165, 1.54) is 0 Å². The summed E-state index contributed by atoms with van der Waals surface area (Å²) in [6.07, 6.45) is 1.41. The maximum atomic E-state index is 12.1. The van der Waals surface area contributed by atoms with Crippen LogP contribution in [0.3, 0.4) is 0 Å². The molecule has 4 heteroatoms. The van der Waals surface area contributed by atoms with E-state index >= 15 is 0 Å². The lowest BCUT2D eigenvalue weighted by atomic mass is 9.76. The summed E-state index contributed by atoms with van der Waals surface area (Å²) in [5.41, 5.74) is 2.70. The fourth-order valence-corrected chi connectivity index (χ4v) is 2.73. The average Bonchev–Trinajstić information content (AvgIpc) is 2.44. The molecule has 2 aromatic rings. The molecule has 0 aliphatic heterocycles. The molecule has 0 saturated heterocycles. The molecule has 0 bridgehead atoms. The molecule has 0 radical (unpaired) electrons. The van der Waals surface area contributed by atoms with Crippen molar-refractivity contribution in [2.45, 2.75) is 33.3 Å². The summed E-state index contributed by atoms with van der Waals surface area (Å²) in [6.45, 7) is 4.70. The molecule has 0 saturated carbocycles. The number of carbonyl (C=O) groups excluding carboxylic acids is 1. The Morgan fingerprint density at radius 2 is 1.82 bits per heavy atom. The van der Waals surface area contributed by atoms with Crippen LogP contribution in [0.1, 0.15) is 41.9 Å². The number of carbonyl (C=O) groups is 1. The smallest absolute Gasteiger partial charge is 0.213 e. The Kier molecular flexibility index (Phi) is 4.87. The van der Waals surface area contributed by atoms with E-state index in [9.17, 15) is 4.79 Å². The van der Waals surface area contributed by atoms with Gasteiger partial charge < -0.3 is 4.74 Å². The third kappa shape index (κ3) is 3.66. The summed E-state index contributed by atoms with van der Waals surface area (Å²) in [4.78, 5) is 16.6. The summed E-state index contributed by atoms with van der Waals surface area (Å²) >= 11 is 0. The molecular weight excluding hydrogens is 298 g/mol. The predicted octanol–water partition coefficient (Wildman–Crippen LogP) is 4.24. The van der Waals surface area contributed by atoms with Gasteiger partial charge in [0.05, 0.1) is 5.69 Å². The molecule has 1 aliphatic rings. The lowest BCUT2D eigenvalue weighted by Gasteiger charge is -2.29. The second-order valence-electron chi connectivity index (χ2n) is 6.36. The molecule has 0 unspecified atom stereocenters. The maximum absolute atomic E-state index is 12.1. The molecule has 0 N–H and O–H groups in total. The molecule has 1 aromatic heterocycles. The van der Waals surface area contributed by atoms with Gasteiger partial charge >= 0.3 is 0 Å². The molecular formula is C18H20ClNO2. The van der Waals surface area contributed by atoms with Crippen LogP contribution in [0.5, 0.6) is 5.88 Å². The topological polar surface area (TPSA) is 39.2 Å². The molecule has 1 aromatic carbocycles. The van der Waals surface area contributed by atoms with Gasteiger partial charge in [0, 0.05) is 18.1 Å². The summed E-state index contributed by atoms with van der Waals surface area (Å²) < 4.78 is 5.74. The van der Waals surface area contributed by atoms with Crippen LogP contribution in [-0.4, -0.2) is 10.8 Å². The van der Waals surface area contributed by atoms with E-state index in [0.717, 1.165) is 23.2 Å². The van der Waals surface area contributed by atoms with Crippen LogP contribution in [0.15, 0.2) is 42.5 Å². The van der Waals surface area contributed by atoms with Gasteiger partial charge in [-0.25, -0.2) is 4.98 Å². The lowest BCUT2D eigenvalue weighted by Crippen LogP contribution is -2.27. The number of halogens is 1.